The molecule has 0 aromatic heterocycles. The van der Waals surface area contributed by atoms with Gasteiger partial charge in [-0.25, -0.2) is 0 Å². The van der Waals surface area contributed by atoms with E-state index in [4.69, 9.17) is 0 Å². The van der Waals surface area contributed by atoms with Crippen LogP contribution in [0.1, 0.15) is 40.0 Å². The van der Waals surface area contributed by atoms with E-state index in [0.29, 0.717) is 12.8 Å². The summed E-state index contributed by atoms with van der Waals surface area (Å²) >= 11 is 0. The van der Waals surface area contributed by atoms with Crippen LogP contribution in [0.15, 0.2) is 5.18 Å². The third kappa shape index (κ3) is 2.97. The zero-order valence-corrected chi connectivity index (χ0v) is 9.52. The van der Waals surface area contributed by atoms with Gasteiger partial charge in [0.1, 0.15) is 0 Å². The van der Waals surface area contributed by atoms with E-state index in [1.165, 1.54) is 0 Å². The molecule has 86 valence electrons. The first kappa shape index (κ1) is 12.1. The molecule has 0 aliphatic heterocycles. The average molecular weight is 214 g/mol. The van der Waals surface area contributed by atoms with Gasteiger partial charge in [0.15, 0.2) is 0 Å². The minimum atomic E-state index is -0.527. The Morgan fingerprint density at radius 2 is 2.00 bits per heavy atom. The van der Waals surface area contributed by atoms with Crippen LogP contribution in [0.4, 0.5) is 0 Å². The molecule has 0 bridgehead atoms. The zero-order valence-electron chi connectivity index (χ0n) is 9.52. The van der Waals surface area contributed by atoms with Crippen LogP contribution < -0.4 is 0 Å². The molecule has 2 atom stereocenters. The van der Waals surface area contributed by atoms with Crippen molar-refractivity contribution in [2.24, 2.45) is 16.0 Å². The lowest BCUT2D eigenvalue weighted by Crippen LogP contribution is -2.43. The highest BCUT2D eigenvalue weighted by atomic mass is 16.6. The van der Waals surface area contributed by atoms with E-state index < -0.39 is 6.04 Å². The number of nitro groups is 1. The van der Waals surface area contributed by atoms with Gasteiger partial charge in [-0.2, -0.15) is 4.91 Å². The van der Waals surface area contributed by atoms with Gasteiger partial charge in [-0.15, -0.1) is 0 Å². The zero-order chi connectivity index (χ0) is 11.7. The standard InChI is InChI=1S/C10H18N2O3/c1-9(2)4-8(12(14)15)5-10(3,6-9)7-11-13/h8H,4-7H2,1-3H3. The van der Waals surface area contributed by atoms with Crippen LogP contribution in [0.25, 0.3) is 0 Å². The second kappa shape index (κ2) is 3.87. The van der Waals surface area contributed by atoms with Gasteiger partial charge in [0.05, 0.1) is 6.54 Å². The lowest BCUT2D eigenvalue weighted by Gasteiger charge is -2.42. The Morgan fingerprint density at radius 3 is 2.47 bits per heavy atom. The normalized spacial score (nSPS) is 34.7. The highest BCUT2D eigenvalue weighted by Gasteiger charge is 2.46. The Balaban J connectivity index is 2.84. The van der Waals surface area contributed by atoms with Crippen LogP contribution in [-0.2, 0) is 0 Å². The average Bonchev–Trinajstić information content (AvgIpc) is 1.99. The van der Waals surface area contributed by atoms with E-state index in [9.17, 15) is 15.0 Å². The van der Waals surface area contributed by atoms with Gasteiger partial charge in [0, 0.05) is 17.8 Å². The minimum absolute atomic E-state index is 0.0740. The predicted octanol–water partition coefficient (Wildman–Crippen LogP) is 2.61. The molecule has 0 radical (unpaired) electrons. The Hall–Kier alpha value is -1.00. The minimum Gasteiger partial charge on any atom is -0.264 e. The van der Waals surface area contributed by atoms with Crippen molar-refractivity contribution in [2.75, 3.05) is 6.54 Å². The fraction of sp³-hybridized carbons (Fsp3) is 1.00. The summed E-state index contributed by atoms with van der Waals surface area (Å²) in [5.74, 6) is 0. The van der Waals surface area contributed by atoms with Crippen LogP contribution in [0.5, 0.6) is 0 Å². The van der Waals surface area contributed by atoms with E-state index in [0.717, 1.165) is 6.42 Å². The second-order valence-corrected chi connectivity index (χ2v) is 5.79. The first-order valence-corrected chi connectivity index (χ1v) is 5.21. The molecule has 0 spiro atoms. The summed E-state index contributed by atoms with van der Waals surface area (Å²) in [4.78, 5) is 21.0. The molecule has 0 aromatic rings. The molecule has 15 heavy (non-hydrogen) atoms. The molecule has 1 rings (SSSR count). The molecule has 0 saturated heterocycles. The van der Waals surface area contributed by atoms with Crippen LogP contribution in [0.2, 0.25) is 0 Å². The van der Waals surface area contributed by atoms with E-state index >= 15 is 0 Å². The van der Waals surface area contributed by atoms with Crippen LogP contribution in [0, 0.1) is 25.9 Å². The third-order valence-electron chi connectivity index (χ3n) is 3.17. The van der Waals surface area contributed by atoms with E-state index in [-0.39, 0.29) is 22.3 Å². The number of nitroso groups, excluding NO2 is 1. The van der Waals surface area contributed by atoms with Crippen molar-refractivity contribution in [2.45, 2.75) is 46.1 Å². The molecule has 1 aliphatic rings. The summed E-state index contributed by atoms with van der Waals surface area (Å²) in [5.41, 5.74) is -0.378. The maximum Gasteiger partial charge on any atom is 0.214 e. The van der Waals surface area contributed by atoms with Gasteiger partial charge < -0.3 is 0 Å². The van der Waals surface area contributed by atoms with Crippen molar-refractivity contribution in [3.63, 3.8) is 0 Å². The van der Waals surface area contributed by atoms with E-state index in [1.807, 2.05) is 20.8 Å². The van der Waals surface area contributed by atoms with Gasteiger partial charge in [-0.3, -0.25) is 10.1 Å². The summed E-state index contributed by atoms with van der Waals surface area (Å²) in [6, 6.07) is -0.527. The second-order valence-electron chi connectivity index (χ2n) is 5.79. The van der Waals surface area contributed by atoms with Crippen LogP contribution >= 0.6 is 0 Å². The summed E-state index contributed by atoms with van der Waals surface area (Å²) in [5, 5.41) is 13.7. The molecule has 0 N–H and O–H groups in total. The highest BCUT2D eigenvalue weighted by Crippen LogP contribution is 2.46. The summed E-state index contributed by atoms with van der Waals surface area (Å²) in [6.45, 7) is 6.14. The molecule has 1 saturated carbocycles. The molecular formula is C10H18N2O3. The van der Waals surface area contributed by atoms with Gasteiger partial charge >= 0.3 is 0 Å². The fourth-order valence-corrected chi connectivity index (χ4v) is 3.00. The maximum absolute atomic E-state index is 10.8. The molecule has 5 heteroatoms. The molecule has 1 fully saturated rings. The van der Waals surface area contributed by atoms with E-state index in [2.05, 4.69) is 5.18 Å². The van der Waals surface area contributed by atoms with Crippen LogP contribution in [-0.4, -0.2) is 17.5 Å². The number of rotatable bonds is 3. The maximum atomic E-state index is 10.8. The molecule has 2 unspecified atom stereocenters. The van der Waals surface area contributed by atoms with Gasteiger partial charge in [-0.1, -0.05) is 25.9 Å². The van der Waals surface area contributed by atoms with Crippen molar-refractivity contribution in [3.05, 3.63) is 15.0 Å². The van der Waals surface area contributed by atoms with Gasteiger partial charge in [0.25, 0.3) is 0 Å². The Morgan fingerprint density at radius 1 is 1.40 bits per heavy atom. The molecule has 1 aliphatic carbocycles. The fourth-order valence-electron chi connectivity index (χ4n) is 3.00. The third-order valence-corrected chi connectivity index (χ3v) is 3.17. The lowest BCUT2D eigenvalue weighted by atomic mass is 9.63. The Bertz CT molecular complexity index is 278. The quantitative estimate of drug-likeness (QED) is 0.412. The molecule has 5 nitrogen and oxygen atoms in total. The molecule has 0 aromatic carbocycles. The summed E-state index contributed by atoms with van der Waals surface area (Å²) in [6.07, 6.45) is 1.89. The van der Waals surface area contributed by atoms with Crippen molar-refractivity contribution >= 4 is 0 Å². The Kier molecular flexibility index (Phi) is 3.11. The van der Waals surface area contributed by atoms with Crippen molar-refractivity contribution in [3.8, 4) is 0 Å². The summed E-state index contributed by atoms with van der Waals surface area (Å²) in [7, 11) is 0. The number of nitrogens with zero attached hydrogens (tertiary/aromatic N) is 2. The topological polar surface area (TPSA) is 72.6 Å². The summed E-state index contributed by atoms with van der Waals surface area (Å²) < 4.78 is 0. The molecular weight excluding hydrogens is 196 g/mol. The van der Waals surface area contributed by atoms with Crippen molar-refractivity contribution in [1.82, 2.24) is 0 Å². The first-order valence-electron chi connectivity index (χ1n) is 5.21. The van der Waals surface area contributed by atoms with Crippen molar-refractivity contribution in [1.29, 1.82) is 0 Å². The molecule has 0 amide bonds. The monoisotopic (exact) mass is 214 g/mol. The smallest absolute Gasteiger partial charge is 0.214 e. The Labute approximate surface area is 89.4 Å². The van der Waals surface area contributed by atoms with Gasteiger partial charge in [0.2, 0.25) is 6.04 Å². The van der Waals surface area contributed by atoms with Crippen LogP contribution in [0.3, 0.4) is 0 Å². The number of hydrogen-bond acceptors (Lipinski definition) is 4. The SMILES string of the molecule is CC1(C)CC([N+](=O)[O-])CC(C)(CN=O)C1. The lowest BCUT2D eigenvalue weighted by molar-refractivity contribution is -0.533. The van der Waals surface area contributed by atoms with E-state index in [1.54, 1.807) is 0 Å². The number of hydrogen-bond donors (Lipinski definition) is 0. The largest absolute Gasteiger partial charge is 0.264 e. The molecule has 0 heterocycles. The van der Waals surface area contributed by atoms with Crippen molar-refractivity contribution < 1.29 is 4.92 Å². The predicted molar refractivity (Wildman–Crippen MR) is 57.2 cm³/mol. The first-order chi connectivity index (χ1) is 6.78. The van der Waals surface area contributed by atoms with Gasteiger partial charge in [-0.05, 0) is 17.3 Å². The highest BCUT2D eigenvalue weighted by molar-refractivity contribution is 4.92.